The number of hydrogen-bond donors (Lipinski definition) is 3. The molecule has 7 nitrogen and oxygen atoms in total. The van der Waals surface area contributed by atoms with Crippen LogP contribution in [0.4, 0.5) is 5.69 Å². The second kappa shape index (κ2) is 7.76. The number of anilines is 1. The van der Waals surface area contributed by atoms with Gasteiger partial charge in [0.1, 0.15) is 5.69 Å². The summed E-state index contributed by atoms with van der Waals surface area (Å²) in [4.78, 5) is 29.7. The lowest BCUT2D eigenvalue weighted by Crippen LogP contribution is -2.34. The highest BCUT2D eigenvalue weighted by Crippen LogP contribution is 2.31. The van der Waals surface area contributed by atoms with Gasteiger partial charge in [0.15, 0.2) is 0 Å². The summed E-state index contributed by atoms with van der Waals surface area (Å²) >= 11 is 0. The molecule has 30 heavy (non-hydrogen) atoms. The van der Waals surface area contributed by atoms with E-state index in [1.807, 2.05) is 31.2 Å². The molecule has 154 valence electrons. The van der Waals surface area contributed by atoms with E-state index < -0.39 is 12.1 Å². The van der Waals surface area contributed by atoms with Crippen LogP contribution >= 0.6 is 0 Å². The highest BCUT2D eigenvalue weighted by molar-refractivity contribution is 6.05. The van der Waals surface area contributed by atoms with Crippen LogP contribution in [0.15, 0.2) is 48.8 Å². The number of aliphatic hydroxyl groups excluding tert-OH is 1. The van der Waals surface area contributed by atoms with Crippen molar-refractivity contribution in [2.24, 2.45) is 7.05 Å². The van der Waals surface area contributed by atoms with Gasteiger partial charge >= 0.3 is 0 Å². The molecule has 0 saturated carbocycles. The summed E-state index contributed by atoms with van der Waals surface area (Å²) < 4.78 is 1.66. The monoisotopic (exact) mass is 404 g/mol. The highest BCUT2D eigenvalue weighted by atomic mass is 16.3. The summed E-state index contributed by atoms with van der Waals surface area (Å²) in [7, 11) is 1.76. The molecule has 0 aliphatic heterocycles. The molecule has 0 unspecified atom stereocenters. The Bertz CT molecular complexity index is 1120. The molecule has 2 amide bonds. The van der Waals surface area contributed by atoms with E-state index in [0.29, 0.717) is 29.1 Å². The van der Waals surface area contributed by atoms with Crippen molar-refractivity contribution in [3.63, 3.8) is 0 Å². The summed E-state index contributed by atoms with van der Waals surface area (Å²) in [6.45, 7) is 3.64. The molecular formula is C23H24N4O3. The maximum atomic E-state index is 12.9. The summed E-state index contributed by atoms with van der Waals surface area (Å²) in [6, 6.07) is 12.4. The van der Waals surface area contributed by atoms with Gasteiger partial charge in [-0.05, 0) is 42.7 Å². The Hall–Kier alpha value is -3.45. The number of carbonyl (C=O) groups excluding carboxylic acids is 2. The van der Waals surface area contributed by atoms with E-state index in [1.54, 1.807) is 43.1 Å². The molecule has 1 heterocycles. The average molecular weight is 404 g/mol. The van der Waals surface area contributed by atoms with Crippen LogP contribution in [-0.4, -0.2) is 32.6 Å². The third-order valence-electron chi connectivity index (χ3n) is 5.57. The molecule has 1 aliphatic carbocycles. The molecule has 1 aliphatic rings. The molecular weight excluding hydrogens is 380 g/mol. The lowest BCUT2D eigenvalue weighted by atomic mass is 10.1. The fourth-order valence-electron chi connectivity index (χ4n) is 3.92. The molecule has 3 N–H and O–H groups in total. The van der Waals surface area contributed by atoms with Crippen molar-refractivity contribution in [1.29, 1.82) is 0 Å². The molecule has 0 radical (unpaired) electrons. The first-order chi connectivity index (χ1) is 14.3. The van der Waals surface area contributed by atoms with Crippen molar-refractivity contribution in [3.05, 3.63) is 82.4 Å². The molecule has 0 saturated heterocycles. The fraction of sp³-hybridized carbons (Fsp3) is 0.261. The molecule has 0 fully saturated rings. The third-order valence-corrected chi connectivity index (χ3v) is 5.57. The maximum Gasteiger partial charge on any atom is 0.274 e. The maximum absolute atomic E-state index is 12.9. The number of nitrogens with one attached hydrogen (secondary N) is 2. The van der Waals surface area contributed by atoms with Crippen molar-refractivity contribution in [2.45, 2.75) is 32.4 Å². The number of aliphatic hydroxyl groups is 1. The van der Waals surface area contributed by atoms with Crippen LogP contribution in [0.1, 0.15) is 49.3 Å². The molecule has 7 heteroatoms. The quantitative estimate of drug-likeness (QED) is 0.623. The van der Waals surface area contributed by atoms with Gasteiger partial charge in [0.25, 0.3) is 11.8 Å². The molecule has 3 aromatic rings. The van der Waals surface area contributed by atoms with Crippen molar-refractivity contribution < 1.29 is 14.7 Å². The zero-order valence-corrected chi connectivity index (χ0v) is 17.1. The van der Waals surface area contributed by atoms with Crippen LogP contribution in [0.2, 0.25) is 0 Å². The van der Waals surface area contributed by atoms with Gasteiger partial charge in [-0.25, -0.2) is 4.98 Å². The molecule has 2 atom stereocenters. The van der Waals surface area contributed by atoms with Gasteiger partial charge < -0.3 is 20.3 Å². The number of hydrogen-bond acceptors (Lipinski definition) is 4. The van der Waals surface area contributed by atoms with E-state index in [0.717, 1.165) is 16.7 Å². The summed E-state index contributed by atoms with van der Waals surface area (Å²) in [5.41, 5.74) is 4.88. The number of nitrogens with zero attached hydrogens (tertiary/aromatic N) is 2. The minimum absolute atomic E-state index is 0.284. The number of aromatic nitrogens is 2. The average Bonchev–Trinajstić information content (AvgIpc) is 3.22. The topological polar surface area (TPSA) is 96.2 Å². The zero-order valence-electron chi connectivity index (χ0n) is 17.1. The van der Waals surface area contributed by atoms with Crippen molar-refractivity contribution >= 4 is 17.5 Å². The normalized spacial score (nSPS) is 17.5. The minimum Gasteiger partial charge on any atom is -0.390 e. The number of imidazole rings is 1. The Morgan fingerprint density at radius 3 is 2.63 bits per heavy atom. The largest absolute Gasteiger partial charge is 0.390 e. The van der Waals surface area contributed by atoms with E-state index in [4.69, 9.17) is 0 Å². The van der Waals surface area contributed by atoms with Crippen LogP contribution in [0.25, 0.3) is 0 Å². The second-order valence-electron chi connectivity index (χ2n) is 7.69. The van der Waals surface area contributed by atoms with E-state index in [-0.39, 0.29) is 11.8 Å². The Morgan fingerprint density at radius 2 is 1.90 bits per heavy atom. The van der Waals surface area contributed by atoms with Crippen LogP contribution in [0.3, 0.4) is 0 Å². The first kappa shape index (κ1) is 19.8. The van der Waals surface area contributed by atoms with Crippen molar-refractivity contribution in [1.82, 2.24) is 14.9 Å². The van der Waals surface area contributed by atoms with Crippen LogP contribution in [0.5, 0.6) is 0 Å². The highest BCUT2D eigenvalue weighted by Gasteiger charge is 2.32. The van der Waals surface area contributed by atoms with Gasteiger partial charge in [-0.3, -0.25) is 9.59 Å². The Morgan fingerprint density at radius 1 is 1.13 bits per heavy atom. The predicted octanol–water partition coefficient (Wildman–Crippen LogP) is 2.68. The summed E-state index contributed by atoms with van der Waals surface area (Å²) in [5.74, 6) is -0.587. The fourth-order valence-corrected chi connectivity index (χ4v) is 3.92. The lowest BCUT2D eigenvalue weighted by Gasteiger charge is -2.18. The SMILES string of the molecule is Cc1ccc(C(=O)N[C@@H]2c3ccccc3C[C@@H]2O)cc1NC(=O)c1c(C)ncn1C. The second-order valence-corrected chi connectivity index (χ2v) is 7.69. The summed E-state index contributed by atoms with van der Waals surface area (Å²) in [5, 5.41) is 16.2. The standard InChI is InChI=1S/C23H24N4O3/c1-13-8-9-16(10-18(13)25-23(30)21-14(2)24-12-27(21)3)22(29)26-20-17-7-5-4-6-15(17)11-19(20)28/h4-10,12,19-20,28H,11H2,1-3H3,(H,25,30)(H,26,29)/t19-,20+/m0/s1. The number of carbonyl (C=O) groups is 2. The molecule has 1 aromatic heterocycles. The van der Waals surface area contributed by atoms with Crippen LogP contribution < -0.4 is 10.6 Å². The smallest absolute Gasteiger partial charge is 0.274 e. The van der Waals surface area contributed by atoms with Gasteiger partial charge in [-0.15, -0.1) is 0 Å². The van der Waals surface area contributed by atoms with Crippen LogP contribution in [0, 0.1) is 13.8 Å². The number of rotatable bonds is 4. The third kappa shape index (κ3) is 3.59. The van der Waals surface area contributed by atoms with Gasteiger partial charge in [-0.2, -0.15) is 0 Å². The number of amides is 2. The zero-order chi connectivity index (χ0) is 21.4. The summed E-state index contributed by atoms with van der Waals surface area (Å²) in [6.07, 6.45) is 1.44. The van der Waals surface area contributed by atoms with Crippen molar-refractivity contribution in [3.8, 4) is 0 Å². The molecule has 2 aromatic carbocycles. The van der Waals surface area contributed by atoms with E-state index >= 15 is 0 Å². The predicted molar refractivity (Wildman–Crippen MR) is 113 cm³/mol. The molecule has 4 rings (SSSR count). The number of benzene rings is 2. The molecule has 0 bridgehead atoms. The minimum atomic E-state index is -0.663. The first-order valence-electron chi connectivity index (χ1n) is 9.82. The van der Waals surface area contributed by atoms with Gasteiger partial charge in [0.2, 0.25) is 0 Å². The first-order valence-corrected chi connectivity index (χ1v) is 9.82. The Balaban J connectivity index is 1.54. The van der Waals surface area contributed by atoms with Crippen molar-refractivity contribution in [2.75, 3.05) is 5.32 Å². The number of aryl methyl sites for hydroxylation is 3. The number of fused-ring (bicyclic) bond motifs is 1. The van der Waals surface area contributed by atoms with Gasteiger partial charge in [0.05, 0.1) is 24.2 Å². The molecule has 0 spiro atoms. The van der Waals surface area contributed by atoms with E-state index in [9.17, 15) is 14.7 Å². The van der Waals surface area contributed by atoms with Gasteiger partial charge in [0, 0.05) is 24.7 Å². The lowest BCUT2D eigenvalue weighted by molar-refractivity contribution is 0.0858. The van der Waals surface area contributed by atoms with E-state index in [1.165, 1.54) is 0 Å². The Kier molecular flexibility index (Phi) is 5.13. The van der Waals surface area contributed by atoms with E-state index in [2.05, 4.69) is 15.6 Å². The van der Waals surface area contributed by atoms with Gasteiger partial charge in [-0.1, -0.05) is 30.3 Å². The van der Waals surface area contributed by atoms with Crippen LogP contribution in [-0.2, 0) is 13.5 Å². The Labute approximate surface area is 174 Å².